The van der Waals surface area contributed by atoms with Gasteiger partial charge in [0.2, 0.25) is 11.8 Å². The molecule has 5 N–H and O–H groups in total. The van der Waals surface area contributed by atoms with E-state index in [4.69, 9.17) is 11.5 Å². The van der Waals surface area contributed by atoms with Gasteiger partial charge in [-0.1, -0.05) is 57.5 Å². The van der Waals surface area contributed by atoms with Gasteiger partial charge in [0.15, 0.2) is 0 Å². The Morgan fingerprint density at radius 3 is 2.33 bits per heavy atom. The van der Waals surface area contributed by atoms with Gasteiger partial charge < -0.3 is 16.8 Å². The van der Waals surface area contributed by atoms with Crippen LogP contribution in [0, 0.1) is 23.2 Å². The van der Waals surface area contributed by atoms with Gasteiger partial charge in [-0.3, -0.25) is 9.59 Å². The maximum atomic E-state index is 12.8. The highest BCUT2D eigenvalue weighted by Crippen LogP contribution is 2.51. The van der Waals surface area contributed by atoms with E-state index in [-0.39, 0.29) is 23.8 Å². The van der Waals surface area contributed by atoms with Crippen LogP contribution in [0.5, 0.6) is 0 Å². The van der Waals surface area contributed by atoms with Crippen molar-refractivity contribution in [2.24, 2.45) is 34.6 Å². The Hall–Kier alpha value is -1.88. The van der Waals surface area contributed by atoms with E-state index in [1.807, 2.05) is 30.3 Å². The Labute approximate surface area is 163 Å². The van der Waals surface area contributed by atoms with Gasteiger partial charge in [0, 0.05) is 0 Å². The molecule has 0 heterocycles. The average Bonchev–Trinajstić information content (AvgIpc) is 2.61. The first-order valence-electron chi connectivity index (χ1n) is 10.1. The molecule has 1 aromatic carbocycles. The van der Waals surface area contributed by atoms with Gasteiger partial charge in [0.25, 0.3) is 0 Å². The molecular weight excluding hydrogens is 338 g/mol. The summed E-state index contributed by atoms with van der Waals surface area (Å²) in [6.07, 6.45) is 3.38. The van der Waals surface area contributed by atoms with Gasteiger partial charge in [-0.05, 0) is 49.5 Å². The summed E-state index contributed by atoms with van der Waals surface area (Å²) in [7, 11) is 0. The molecule has 1 saturated carbocycles. The van der Waals surface area contributed by atoms with Gasteiger partial charge in [-0.15, -0.1) is 0 Å². The summed E-state index contributed by atoms with van der Waals surface area (Å²) in [4.78, 5) is 25.2. The van der Waals surface area contributed by atoms with Crippen LogP contribution in [0.25, 0.3) is 0 Å². The summed E-state index contributed by atoms with van der Waals surface area (Å²) in [5.74, 6) is 0.542. The lowest BCUT2D eigenvalue weighted by molar-refractivity contribution is -0.138. The van der Waals surface area contributed by atoms with Gasteiger partial charge in [-0.25, -0.2) is 0 Å². The Bertz CT molecular complexity index is 644. The second-order valence-corrected chi connectivity index (χ2v) is 8.72. The van der Waals surface area contributed by atoms with Crippen LogP contribution in [0.2, 0.25) is 0 Å². The fraction of sp³-hybridized carbons (Fsp3) is 0.636. The number of amides is 2. The molecule has 0 aromatic heterocycles. The largest absolute Gasteiger partial charge is 0.369 e. The van der Waals surface area contributed by atoms with E-state index in [2.05, 4.69) is 26.1 Å². The van der Waals surface area contributed by atoms with Crippen LogP contribution < -0.4 is 16.8 Å². The number of benzene rings is 1. The smallest absolute Gasteiger partial charge is 0.237 e. The highest BCUT2D eigenvalue weighted by atomic mass is 16.2. The van der Waals surface area contributed by atoms with Crippen molar-refractivity contribution in [3.8, 4) is 0 Å². The summed E-state index contributed by atoms with van der Waals surface area (Å²) in [5.41, 5.74) is 12.2. The molecule has 5 nitrogen and oxygen atoms in total. The van der Waals surface area contributed by atoms with Crippen molar-refractivity contribution in [1.29, 1.82) is 0 Å². The number of hydrogen-bond acceptors (Lipinski definition) is 3. The average molecular weight is 374 g/mol. The molecule has 3 unspecified atom stereocenters. The molecule has 1 fully saturated rings. The maximum Gasteiger partial charge on any atom is 0.237 e. The maximum absolute atomic E-state index is 12.8. The van der Waals surface area contributed by atoms with Crippen LogP contribution in [0.1, 0.15) is 65.0 Å². The van der Waals surface area contributed by atoms with E-state index in [1.165, 1.54) is 0 Å². The molecular formula is C22H35N3O2. The monoisotopic (exact) mass is 373 g/mol. The molecule has 5 heteroatoms. The number of carbonyl (C=O) groups is 2. The molecule has 5 atom stereocenters. The number of hydrogen-bond donors (Lipinski definition) is 3. The minimum absolute atomic E-state index is 0.213. The predicted octanol–water partition coefficient (Wildman–Crippen LogP) is 3.15. The lowest BCUT2D eigenvalue weighted by atomic mass is 9.57. The molecule has 1 aliphatic rings. The highest BCUT2D eigenvalue weighted by molar-refractivity contribution is 5.83. The Balaban J connectivity index is 2.43. The van der Waals surface area contributed by atoms with Crippen molar-refractivity contribution in [2.75, 3.05) is 0 Å². The first kappa shape index (κ1) is 21.4. The quantitative estimate of drug-likeness (QED) is 0.685. The molecule has 2 amide bonds. The van der Waals surface area contributed by atoms with Crippen LogP contribution in [0.4, 0.5) is 0 Å². The minimum atomic E-state index is -0.628. The highest BCUT2D eigenvalue weighted by Gasteiger charge is 2.50. The molecule has 0 radical (unpaired) electrons. The third kappa shape index (κ3) is 4.89. The van der Waals surface area contributed by atoms with Crippen molar-refractivity contribution < 1.29 is 9.59 Å². The van der Waals surface area contributed by atoms with Crippen LogP contribution in [-0.2, 0) is 9.59 Å². The van der Waals surface area contributed by atoms with Crippen LogP contribution in [-0.4, -0.2) is 17.9 Å². The zero-order chi connectivity index (χ0) is 20.2. The number of nitrogens with one attached hydrogen (secondary N) is 1. The van der Waals surface area contributed by atoms with E-state index in [9.17, 15) is 9.59 Å². The van der Waals surface area contributed by atoms with Crippen molar-refractivity contribution in [3.63, 3.8) is 0 Å². The van der Waals surface area contributed by atoms with Crippen LogP contribution >= 0.6 is 0 Å². The summed E-state index contributed by atoms with van der Waals surface area (Å²) in [6.45, 7) is 8.18. The molecule has 0 saturated heterocycles. The lowest BCUT2D eigenvalue weighted by Crippen LogP contribution is -2.51. The zero-order valence-corrected chi connectivity index (χ0v) is 17.1. The minimum Gasteiger partial charge on any atom is -0.369 e. The number of nitrogens with two attached hydrogens (primary N) is 2. The van der Waals surface area contributed by atoms with Crippen LogP contribution in [0.15, 0.2) is 30.3 Å². The summed E-state index contributed by atoms with van der Waals surface area (Å²) in [6, 6.07) is 8.91. The molecule has 27 heavy (non-hydrogen) atoms. The van der Waals surface area contributed by atoms with Gasteiger partial charge >= 0.3 is 0 Å². The predicted molar refractivity (Wildman–Crippen MR) is 109 cm³/mol. The first-order chi connectivity index (χ1) is 12.7. The number of primary amides is 1. The summed E-state index contributed by atoms with van der Waals surface area (Å²) < 4.78 is 0. The van der Waals surface area contributed by atoms with E-state index in [0.29, 0.717) is 18.3 Å². The van der Waals surface area contributed by atoms with Crippen LogP contribution in [0.3, 0.4) is 0 Å². The Morgan fingerprint density at radius 1 is 1.19 bits per heavy atom. The molecule has 1 aliphatic carbocycles. The van der Waals surface area contributed by atoms with E-state index < -0.39 is 11.5 Å². The Kier molecular flexibility index (Phi) is 7.04. The number of carbonyl (C=O) groups excluding carboxylic acids is 2. The molecule has 0 bridgehead atoms. The van der Waals surface area contributed by atoms with Gasteiger partial charge in [-0.2, -0.15) is 0 Å². The SMILES string of the molecule is CC1CCC(C(C)C)C(C[C@@H](NC(=O)[C@@H](C)N)c2ccccc2)(C(N)=O)C1. The third-order valence-corrected chi connectivity index (χ3v) is 6.19. The number of rotatable bonds is 7. The van der Waals surface area contributed by atoms with Gasteiger partial charge in [0.05, 0.1) is 17.5 Å². The Morgan fingerprint density at radius 2 is 1.81 bits per heavy atom. The zero-order valence-electron chi connectivity index (χ0n) is 17.1. The summed E-state index contributed by atoms with van der Waals surface area (Å²) >= 11 is 0. The molecule has 0 spiro atoms. The van der Waals surface area contributed by atoms with Crippen molar-refractivity contribution in [3.05, 3.63) is 35.9 Å². The van der Waals surface area contributed by atoms with Crippen molar-refractivity contribution in [1.82, 2.24) is 5.32 Å². The molecule has 150 valence electrons. The molecule has 2 rings (SSSR count). The van der Waals surface area contributed by atoms with Crippen molar-refractivity contribution in [2.45, 2.75) is 65.5 Å². The standard InChI is InChI=1S/C22H35N3O2/c1-14(2)18-11-10-15(3)12-22(18,21(24)27)13-19(25-20(26)16(4)23)17-8-6-5-7-9-17/h5-9,14-16,18-19H,10-13,23H2,1-4H3,(H2,24,27)(H,25,26)/t15?,16-,18?,19-,22?/m1/s1. The third-order valence-electron chi connectivity index (χ3n) is 6.19. The molecule has 1 aromatic rings. The second kappa shape index (κ2) is 8.87. The van der Waals surface area contributed by atoms with E-state index >= 15 is 0 Å². The molecule has 0 aliphatic heterocycles. The second-order valence-electron chi connectivity index (χ2n) is 8.72. The normalized spacial score (nSPS) is 27.8. The van der Waals surface area contributed by atoms with E-state index in [0.717, 1.165) is 24.8 Å². The van der Waals surface area contributed by atoms with Crippen molar-refractivity contribution >= 4 is 11.8 Å². The summed E-state index contributed by atoms with van der Waals surface area (Å²) in [5, 5.41) is 3.06. The lowest BCUT2D eigenvalue weighted by Gasteiger charge is -2.48. The van der Waals surface area contributed by atoms with Gasteiger partial charge in [0.1, 0.15) is 0 Å². The topological polar surface area (TPSA) is 98.2 Å². The fourth-order valence-electron chi connectivity index (χ4n) is 4.81. The fourth-order valence-corrected chi connectivity index (χ4v) is 4.81. The first-order valence-corrected chi connectivity index (χ1v) is 10.1. The van der Waals surface area contributed by atoms with E-state index in [1.54, 1.807) is 6.92 Å².